The van der Waals surface area contributed by atoms with Gasteiger partial charge < -0.3 is 18.6 Å². The summed E-state index contributed by atoms with van der Waals surface area (Å²) in [5, 5.41) is 0. The smallest absolute Gasteiger partial charge is 0.331 e. The Kier molecular flexibility index (Phi) is 5.39. The molecule has 0 saturated carbocycles. The normalized spacial score (nSPS) is 13.2. The Balaban J connectivity index is 1.40. The highest BCUT2D eigenvalue weighted by Crippen LogP contribution is 2.30. The summed E-state index contributed by atoms with van der Waals surface area (Å²) in [6.07, 6.45) is 2.59. The summed E-state index contributed by atoms with van der Waals surface area (Å²) < 4.78 is 48.7. The Morgan fingerprint density at radius 2 is 2.00 bits per heavy atom. The van der Waals surface area contributed by atoms with Crippen LogP contribution >= 0.6 is 0 Å². The first-order valence-electron chi connectivity index (χ1n) is 8.81. The van der Waals surface area contributed by atoms with Gasteiger partial charge in [0.15, 0.2) is 6.79 Å². The summed E-state index contributed by atoms with van der Waals surface area (Å²) in [6, 6.07) is 12.0. The van der Waals surface area contributed by atoms with Crippen LogP contribution in [0.25, 0.3) is 17.4 Å². The Morgan fingerprint density at radius 1 is 1.14 bits per heavy atom. The number of furan rings is 1. The first-order valence-corrected chi connectivity index (χ1v) is 8.81. The molecule has 0 unspecified atom stereocenters. The maximum Gasteiger partial charge on any atom is 0.331 e. The maximum atomic E-state index is 13.8. The Morgan fingerprint density at radius 3 is 2.86 bits per heavy atom. The molecule has 1 aliphatic heterocycles. The molecule has 2 aromatic carbocycles. The van der Waals surface area contributed by atoms with Crippen LogP contribution in [0.5, 0.6) is 5.75 Å². The second-order valence-electron chi connectivity index (χ2n) is 6.29. The number of carbonyl (C=O) groups is 1. The minimum Gasteiger partial charge on any atom is -0.467 e. The van der Waals surface area contributed by atoms with Gasteiger partial charge in [0.05, 0.1) is 12.2 Å². The van der Waals surface area contributed by atoms with Crippen LogP contribution in [0.4, 0.5) is 8.78 Å². The van der Waals surface area contributed by atoms with Crippen molar-refractivity contribution in [2.45, 2.75) is 13.2 Å². The van der Waals surface area contributed by atoms with E-state index in [2.05, 4.69) is 0 Å². The van der Waals surface area contributed by atoms with E-state index in [1.165, 1.54) is 30.4 Å². The van der Waals surface area contributed by atoms with Gasteiger partial charge in [0.25, 0.3) is 0 Å². The molecule has 0 spiro atoms. The zero-order chi connectivity index (χ0) is 20.2. The van der Waals surface area contributed by atoms with Crippen molar-refractivity contribution in [2.75, 3.05) is 6.79 Å². The van der Waals surface area contributed by atoms with E-state index < -0.39 is 17.6 Å². The Labute approximate surface area is 165 Å². The van der Waals surface area contributed by atoms with Gasteiger partial charge in [-0.3, -0.25) is 0 Å². The molecule has 4 rings (SSSR count). The fourth-order valence-corrected chi connectivity index (χ4v) is 2.96. The highest BCUT2D eigenvalue weighted by molar-refractivity contribution is 5.86. The zero-order valence-electron chi connectivity index (χ0n) is 15.2. The van der Waals surface area contributed by atoms with Crippen LogP contribution in [0, 0.1) is 11.6 Å². The molecule has 0 radical (unpaired) electrons. The van der Waals surface area contributed by atoms with Gasteiger partial charge in [-0.2, -0.15) is 0 Å². The van der Waals surface area contributed by atoms with Crippen LogP contribution in [-0.4, -0.2) is 12.8 Å². The lowest BCUT2D eigenvalue weighted by Crippen LogP contribution is -2.14. The maximum absolute atomic E-state index is 13.8. The van der Waals surface area contributed by atoms with E-state index in [0.717, 1.165) is 0 Å². The van der Waals surface area contributed by atoms with Gasteiger partial charge in [-0.05, 0) is 42.5 Å². The molecule has 148 valence electrons. The number of benzene rings is 2. The number of hydrogen-bond donors (Lipinski definition) is 0. The van der Waals surface area contributed by atoms with Crippen molar-refractivity contribution in [3.63, 3.8) is 0 Å². The van der Waals surface area contributed by atoms with Gasteiger partial charge in [0, 0.05) is 17.2 Å². The fraction of sp³-hybridized carbons (Fsp3) is 0.136. The van der Waals surface area contributed by atoms with E-state index in [9.17, 15) is 13.6 Å². The summed E-state index contributed by atoms with van der Waals surface area (Å²) in [7, 11) is 0. The number of halogens is 2. The molecule has 3 aromatic rings. The average molecular weight is 398 g/mol. The van der Waals surface area contributed by atoms with E-state index in [0.29, 0.717) is 34.0 Å². The predicted molar refractivity (Wildman–Crippen MR) is 99.6 cm³/mol. The quantitative estimate of drug-likeness (QED) is 0.454. The summed E-state index contributed by atoms with van der Waals surface area (Å²) in [4.78, 5) is 12.0. The van der Waals surface area contributed by atoms with Gasteiger partial charge in [0.2, 0.25) is 0 Å². The molecule has 0 aliphatic carbocycles. The number of ether oxygens (including phenoxy) is 3. The lowest BCUT2D eigenvalue weighted by atomic mass is 10.1. The molecule has 0 atom stereocenters. The van der Waals surface area contributed by atoms with E-state index in [1.54, 1.807) is 30.3 Å². The first kappa shape index (κ1) is 18.9. The molecule has 7 heteroatoms. The zero-order valence-corrected chi connectivity index (χ0v) is 15.2. The van der Waals surface area contributed by atoms with Crippen molar-refractivity contribution in [3.05, 3.63) is 83.1 Å². The van der Waals surface area contributed by atoms with E-state index >= 15 is 0 Å². The topological polar surface area (TPSA) is 57.9 Å². The molecule has 1 aliphatic rings. The van der Waals surface area contributed by atoms with Crippen molar-refractivity contribution in [3.8, 4) is 17.1 Å². The van der Waals surface area contributed by atoms with Crippen molar-refractivity contribution in [1.82, 2.24) is 0 Å². The third kappa shape index (κ3) is 4.35. The molecule has 0 fully saturated rings. The van der Waals surface area contributed by atoms with Gasteiger partial charge >= 0.3 is 5.97 Å². The van der Waals surface area contributed by atoms with Crippen LogP contribution in [-0.2, 0) is 27.5 Å². The monoisotopic (exact) mass is 398 g/mol. The molecule has 0 amide bonds. The predicted octanol–water partition coefficient (Wildman–Crippen LogP) is 4.85. The number of fused-ring (bicyclic) bond motifs is 1. The van der Waals surface area contributed by atoms with Crippen LogP contribution in [0.3, 0.4) is 0 Å². The average Bonchev–Trinajstić information content (AvgIpc) is 3.19. The number of hydrogen-bond acceptors (Lipinski definition) is 5. The summed E-state index contributed by atoms with van der Waals surface area (Å²) in [5.41, 5.74) is 1.31. The van der Waals surface area contributed by atoms with Crippen LogP contribution in [0.15, 0.2) is 59.0 Å². The number of rotatable bonds is 5. The molecular formula is C22H16F2O5. The van der Waals surface area contributed by atoms with Gasteiger partial charge in [-0.15, -0.1) is 0 Å². The summed E-state index contributed by atoms with van der Waals surface area (Å²) in [6.45, 7) is 0.140. The SMILES string of the molecule is O=C(/C=C/c1ccc(-c2ccccc2F)o1)OCc1cc(F)cc2c1OCOC2. The molecular weight excluding hydrogens is 382 g/mol. The molecule has 0 saturated heterocycles. The molecule has 0 bridgehead atoms. The molecule has 2 heterocycles. The van der Waals surface area contributed by atoms with Crippen LogP contribution < -0.4 is 4.74 Å². The van der Waals surface area contributed by atoms with Crippen LogP contribution in [0.2, 0.25) is 0 Å². The first-order chi connectivity index (χ1) is 14.1. The second kappa shape index (κ2) is 8.28. The lowest BCUT2D eigenvalue weighted by Gasteiger charge is -2.20. The third-order valence-electron chi connectivity index (χ3n) is 4.27. The van der Waals surface area contributed by atoms with Crippen molar-refractivity contribution < 1.29 is 32.2 Å². The van der Waals surface area contributed by atoms with E-state index in [4.69, 9.17) is 18.6 Å². The Hall–Kier alpha value is -3.45. The number of carbonyl (C=O) groups excluding carboxylic acids is 1. The minimum atomic E-state index is -0.640. The highest BCUT2D eigenvalue weighted by atomic mass is 19.1. The van der Waals surface area contributed by atoms with Gasteiger partial charge in [-0.1, -0.05) is 12.1 Å². The lowest BCUT2D eigenvalue weighted by molar-refractivity contribution is -0.139. The third-order valence-corrected chi connectivity index (χ3v) is 4.27. The van der Waals surface area contributed by atoms with Crippen molar-refractivity contribution >= 4 is 12.0 Å². The summed E-state index contributed by atoms with van der Waals surface area (Å²) in [5.74, 6) is -0.321. The second-order valence-corrected chi connectivity index (χ2v) is 6.29. The largest absolute Gasteiger partial charge is 0.467 e. The van der Waals surface area contributed by atoms with Crippen molar-refractivity contribution in [2.24, 2.45) is 0 Å². The number of esters is 1. The summed E-state index contributed by atoms with van der Waals surface area (Å²) >= 11 is 0. The molecule has 0 N–H and O–H groups in total. The molecule has 5 nitrogen and oxygen atoms in total. The van der Waals surface area contributed by atoms with Gasteiger partial charge in [-0.25, -0.2) is 13.6 Å². The molecule has 1 aromatic heterocycles. The van der Waals surface area contributed by atoms with Gasteiger partial charge in [0.1, 0.15) is 35.5 Å². The standard InChI is InChI=1S/C22H16F2O5/c23-16-9-14-11-26-13-28-22(14)15(10-16)12-27-21(25)8-6-17-5-7-20(29-17)18-3-1-2-4-19(18)24/h1-10H,11-13H2/b8-6+. The Bertz CT molecular complexity index is 1070. The molecule has 29 heavy (non-hydrogen) atoms. The van der Waals surface area contributed by atoms with Crippen LogP contribution in [0.1, 0.15) is 16.9 Å². The van der Waals surface area contributed by atoms with E-state index in [-0.39, 0.29) is 20.0 Å². The fourth-order valence-electron chi connectivity index (χ4n) is 2.96. The minimum absolute atomic E-state index is 0.0579. The highest BCUT2D eigenvalue weighted by Gasteiger charge is 2.18. The van der Waals surface area contributed by atoms with E-state index in [1.807, 2.05) is 0 Å². The van der Waals surface area contributed by atoms with Crippen molar-refractivity contribution in [1.29, 1.82) is 0 Å².